The van der Waals surface area contributed by atoms with E-state index >= 15 is 0 Å². The third kappa shape index (κ3) is 5.48. The van der Waals surface area contributed by atoms with Crippen LogP contribution in [0.25, 0.3) is 0 Å². The molecule has 1 aromatic heterocycles. The molecule has 0 bridgehead atoms. The van der Waals surface area contributed by atoms with Gasteiger partial charge in [0.15, 0.2) is 0 Å². The fourth-order valence-electron chi connectivity index (χ4n) is 2.64. The lowest BCUT2D eigenvalue weighted by Crippen LogP contribution is -2.25. The summed E-state index contributed by atoms with van der Waals surface area (Å²) in [5.41, 5.74) is 2.28. The third-order valence-electron chi connectivity index (χ3n) is 3.76. The molecule has 0 aliphatic rings. The standard InChI is InChI=1S/C20H27N3O2/c1-4-11-23(12-5-2)18-13-16(14-21-15-18)20(24)22-17-7-9-19(10-8-17)25-6-3/h7-10,13-15H,4-6,11-12H2,1-3H3,(H,22,24). The molecule has 5 nitrogen and oxygen atoms in total. The molecule has 1 aromatic carbocycles. The summed E-state index contributed by atoms with van der Waals surface area (Å²) in [6.07, 6.45) is 5.54. The molecule has 0 saturated carbocycles. The number of anilines is 2. The molecular weight excluding hydrogens is 314 g/mol. The number of amides is 1. The number of carbonyl (C=O) groups excluding carboxylic acids is 1. The van der Waals surface area contributed by atoms with E-state index in [1.54, 1.807) is 6.20 Å². The van der Waals surface area contributed by atoms with Gasteiger partial charge in [0.05, 0.1) is 24.1 Å². The van der Waals surface area contributed by atoms with Crippen LogP contribution in [0.15, 0.2) is 42.7 Å². The summed E-state index contributed by atoms with van der Waals surface area (Å²) in [4.78, 5) is 19.0. The molecule has 2 rings (SSSR count). The van der Waals surface area contributed by atoms with Gasteiger partial charge in [-0.25, -0.2) is 0 Å². The Morgan fingerprint density at radius 3 is 2.36 bits per heavy atom. The third-order valence-corrected chi connectivity index (χ3v) is 3.76. The SMILES string of the molecule is CCCN(CCC)c1cncc(C(=O)Nc2ccc(OCC)cc2)c1. The average molecular weight is 341 g/mol. The summed E-state index contributed by atoms with van der Waals surface area (Å²) in [6, 6.07) is 9.26. The van der Waals surface area contributed by atoms with Crippen LogP contribution >= 0.6 is 0 Å². The van der Waals surface area contributed by atoms with E-state index in [2.05, 4.69) is 29.0 Å². The maximum atomic E-state index is 12.5. The van der Waals surface area contributed by atoms with Crippen LogP contribution in [0.1, 0.15) is 44.0 Å². The van der Waals surface area contributed by atoms with E-state index in [9.17, 15) is 4.79 Å². The van der Waals surface area contributed by atoms with Crippen molar-refractivity contribution in [1.29, 1.82) is 0 Å². The van der Waals surface area contributed by atoms with Crippen LogP contribution in [-0.4, -0.2) is 30.6 Å². The lowest BCUT2D eigenvalue weighted by atomic mass is 10.2. The minimum Gasteiger partial charge on any atom is -0.494 e. The van der Waals surface area contributed by atoms with Crippen molar-refractivity contribution in [3.8, 4) is 5.75 Å². The quantitative estimate of drug-likeness (QED) is 0.736. The van der Waals surface area contributed by atoms with Crippen molar-refractivity contribution in [3.63, 3.8) is 0 Å². The molecule has 25 heavy (non-hydrogen) atoms. The first kappa shape index (κ1) is 18.8. The van der Waals surface area contributed by atoms with E-state index in [1.165, 1.54) is 0 Å². The lowest BCUT2D eigenvalue weighted by molar-refractivity contribution is 0.102. The van der Waals surface area contributed by atoms with Crippen LogP contribution in [-0.2, 0) is 0 Å². The molecule has 0 fully saturated rings. The number of pyridine rings is 1. The lowest BCUT2D eigenvalue weighted by Gasteiger charge is -2.23. The normalized spacial score (nSPS) is 10.4. The second-order valence-corrected chi connectivity index (χ2v) is 5.83. The molecule has 1 heterocycles. The number of nitrogens with zero attached hydrogens (tertiary/aromatic N) is 2. The number of aromatic nitrogens is 1. The van der Waals surface area contributed by atoms with Crippen molar-refractivity contribution in [3.05, 3.63) is 48.3 Å². The van der Waals surface area contributed by atoms with Gasteiger partial charge in [0.25, 0.3) is 5.91 Å². The molecule has 0 atom stereocenters. The van der Waals surface area contributed by atoms with Crippen LogP contribution in [0.4, 0.5) is 11.4 Å². The van der Waals surface area contributed by atoms with Gasteiger partial charge in [0.2, 0.25) is 0 Å². The van der Waals surface area contributed by atoms with Crippen molar-refractivity contribution >= 4 is 17.3 Å². The fourth-order valence-corrected chi connectivity index (χ4v) is 2.64. The Balaban J connectivity index is 2.09. The molecule has 1 N–H and O–H groups in total. The Morgan fingerprint density at radius 2 is 1.76 bits per heavy atom. The first-order chi connectivity index (χ1) is 12.2. The molecule has 0 saturated heterocycles. The second-order valence-electron chi connectivity index (χ2n) is 5.83. The number of hydrogen-bond donors (Lipinski definition) is 1. The molecule has 134 valence electrons. The van der Waals surface area contributed by atoms with Gasteiger partial charge < -0.3 is 15.0 Å². The number of benzene rings is 1. The zero-order valence-corrected chi connectivity index (χ0v) is 15.3. The predicted octanol–water partition coefficient (Wildman–Crippen LogP) is 4.36. The Hall–Kier alpha value is -2.56. The number of ether oxygens (including phenoxy) is 1. The van der Waals surface area contributed by atoms with Gasteiger partial charge in [-0.2, -0.15) is 0 Å². The maximum absolute atomic E-state index is 12.5. The first-order valence-electron chi connectivity index (χ1n) is 8.92. The highest BCUT2D eigenvalue weighted by Gasteiger charge is 2.11. The van der Waals surface area contributed by atoms with Crippen molar-refractivity contribution in [2.45, 2.75) is 33.6 Å². The molecule has 0 aliphatic heterocycles. The number of nitrogens with one attached hydrogen (secondary N) is 1. The highest BCUT2D eigenvalue weighted by atomic mass is 16.5. The Bertz CT molecular complexity index is 665. The highest BCUT2D eigenvalue weighted by Crippen LogP contribution is 2.19. The predicted molar refractivity (Wildman–Crippen MR) is 103 cm³/mol. The van der Waals surface area contributed by atoms with Gasteiger partial charge in [0, 0.05) is 25.0 Å². The van der Waals surface area contributed by atoms with Crippen LogP contribution in [0.3, 0.4) is 0 Å². The Labute approximate surface area is 150 Å². The summed E-state index contributed by atoms with van der Waals surface area (Å²) >= 11 is 0. The van der Waals surface area contributed by atoms with Crippen molar-refractivity contribution in [1.82, 2.24) is 4.98 Å². The zero-order valence-electron chi connectivity index (χ0n) is 15.3. The van der Waals surface area contributed by atoms with Crippen molar-refractivity contribution in [2.75, 3.05) is 29.9 Å². The topological polar surface area (TPSA) is 54.5 Å². The van der Waals surface area contributed by atoms with E-state index in [0.29, 0.717) is 12.2 Å². The largest absolute Gasteiger partial charge is 0.494 e. The molecule has 0 aliphatic carbocycles. The highest BCUT2D eigenvalue weighted by molar-refractivity contribution is 6.04. The van der Waals surface area contributed by atoms with Gasteiger partial charge in [0.1, 0.15) is 5.75 Å². The molecule has 5 heteroatoms. The van der Waals surface area contributed by atoms with E-state index < -0.39 is 0 Å². The summed E-state index contributed by atoms with van der Waals surface area (Å²) in [7, 11) is 0. The van der Waals surface area contributed by atoms with Crippen LogP contribution in [0.5, 0.6) is 5.75 Å². The molecule has 1 amide bonds. The van der Waals surface area contributed by atoms with Gasteiger partial charge in [-0.3, -0.25) is 9.78 Å². The Kier molecular flexibility index (Phi) is 7.26. The van der Waals surface area contributed by atoms with Crippen LogP contribution in [0, 0.1) is 0 Å². The van der Waals surface area contributed by atoms with Crippen LogP contribution < -0.4 is 15.0 Å². The summed E-state index contributed by atoms with van der Waals surface area (Å²) in [5.74, 6) is 0.630. The first-order valence-corrected chi connectivity index (χ1v) is 8.92. The molecular formula is C20H27N3O2. The van der Waals surface area contributed by atoms with Gasteiger partial charge in [-0.05, 0) is 50.1 Å². The van der Waals surface area contributed by atoms with E-state index in [4.69, 9.17) is 4.74 Å². The second kappa shape index (κ2) is 9.67. The number of hydrogen-bond acceptors (Lipinski definition) is 4. The smallest absolute Gasteiger partial charge is 0.257 e. The minimum atomic E-state index is -0.161. The van der Waals surface area contributed by atoms with Gasteiger partial charge in [-0.15, -0.1) is 0 Å². The van der Waals surface area contributed by atoms with E-state index in [0.717, 1.165) is 43.1 Å². The minimum absolute atomic E-state index is 0.161. The van der Waals surface area contributed by atoms with Gasteiger partial charge in [-0.1, -0.05) is 13.8 Å². The fraction of sp³-hybridized carbons (Fsp3) is 0.400. The van der Waals surface area contributed by atoms with Crippen molar-refractivity contribution in [2.24, 2.45) is 0 Å². The van der Waals surface area contributed by atoms with Crippen molar-refractivity contribution < 1.29 is 9.53 Å². The molecule has 0 spiro atoms. The maximum Gasteiger partial charge on any atom is 0.257 e. The summed E-state index contributed by atoms with van der Waals surface area (Å²) < 4.78 is 5.41. The molecule has 2 aromatic rings. The Morgan fingerprint density at radius 1 is 1.08 bits per heavy atom. The summed E-state index contributed by atoms with van der Waals surface area (Å²) in [5, 5.41) is 2.90. The number of carbonyl (C=O) groups is 1. The molecule has 0 unspecified atom stereocenters. The van der Waals surface area contributed by atoms with E-state index in [-0.39, 0.29) is 5.91 Å². The zero-order chi connectivity index (χ0) is 18.1. The molecule has 0 radical (unpaired) electrons. The van der Waals surface area contributed by atoms with Gasteiger partial charge >= 0.3 is 0 Å². The monoisotopic (exact) mass is 341 g/mol. The van der Waals surface area contributed by atoms with Crippen LogP contribution in [0.2, 0.25) is 0 Å². The summed E-state index contributed by atoms with van der Waals surface area (Å²) in [6.45, 7) is 8.78. The van der Waals surface area contributed by atoms with E-state index in [1.807, 2.05) is 43.5 Å². The number of rotatable bonds is 9. The average Bonchev–Trinajstić information content (AvgIpc) is 2.63.